The minimum atomic E-state index is -0.112. The molecule has 11 rings (SSSR count). The van der Waals surface area contributed by atoms with E-state index in [9.17, 15) is 0 Å². The maximum Gasteiger partial charge on any atom is 0.227 e. The molecule has 0 amide bonds. The molecule has 0 fully saturated rings. The highest BCUT2D eigenvalue weighted by atomic mass is 32.1. The van der Waals surface area contributed by atoms with Gasteiger partial charge in [0.05, 0.1) is 0 Å². The van der Waals surface area contributed by atoms with Crippen molar-refractivity contribution in [1.29, 1.82) is 0 Å². The molecule has 0 N–H and O–H groups in total. The molecule has 0 bridgehead atoms. The fourth-order valence-electron chi connectivity index (χ4n) is 8.96. The Bertz CT molecular complexity index is 3040. The minimum Gasteiger partial charge on any atom is -0.436 e. The first-order valence-corrected chi connectivity index (χ1v) is 20.2. The summed E-state index contributed by atoms with van der Waals surface area (Å²) in [7, 11) is 0. The van der Waals surface area contributed by atoms with Gasteiger partial charge in [0.15, 0.2) is 5.58 Å². The fraction of sp³-hybridized carbons (Fsp3) is 0.0962. The summed E-state index contributed by atoms with van der Waals surface area (Å²) in [6.07, 6.45) is 8.05. The predicted octanol–water partition coefficient (Wildman–Crippen LogP) is 14.6. The van der Waals surface area contributed by atoms with Gasteiger partial charge < -0.3 is 9.32 Å². The van der Waals surface area contributed by atoms with Gasteiger partial charge in [-0.05, 0) is 100.0 Å². The standard InChI is InChI=1S/C52H38N2OS/c1-52(2)45-17-8-6-13-41(45)42-29-27-38(31-46(42)52)54(37-25-23-35(24-26-37)40-15-10-16-44-43-14-7-9-18-49(43)56-50(40)44)39-28-30-48-47(32-39)53-51(55-48)36-21-19-34(20-22-36)33-11-4-3-5-12-33/h3-23,25-32,35H,24H2,1-2H3. The highest BCUT2D eigenvalue weighted by molar-refractivity contribution is 7.26. The third-order valence-corrected chi connectivity index (χ3v) is 13.1. The molecule has 0 spiro atoms. The fourth-order valence-corrected chi connectivity index (χ4v) is 10.2. The molecule has 7 aromatic carbocycles. The smallest absolute Gasteiger partial charge is 0.227 e. The summed E-state index contributed by atoms with van der Waals surface area (Å²) < 4.78 is 9.10. The van der Waals surface area contributed by atoms with Gasteiger partial charge in [0.2, 0.25) is 5.89 Å². The first kappa shape index (κ1) is 32.9. The summed E-state index contributed by atoms with van der Waals surface area (Å²) >= 11 is 1.91. The molecule has 0 radical (unpaired) electrons. The molecule has 268 valence electrons. The lowest BCUT2D eigenvalue weighted by atomic mass is 9.82. The lowest BCUT2D eigenvalue weighted by Gasteiger charge is -2.30. The Labute approximate surface area is 330 Å². The zero-order chi connectivity index (χ0) is 37.4. The lowest BCUT2D eigenvalue weighted by Crippen LogP contribution is -2.19. The van der Waals surface area contributed by atoms with Gasteiger partial charge in [-0.15, -0.1) is 11.3 Å². The van der Waals surface area contributed by atoms with E-state index in [-0.39, 0.29) is 5.41 Å². The molecular weight excluding hydrogens is 701 g/mol. The van der Waals surface area contributed by atoms with Crippen molar-refractivity contribution in [3.05, 3.63) is 198 Å². The van der Waals surface area contributed by atoms with Crippen molar-refractivity contribution < 1.29 is 4.42 Å². The Kier molecular flexibility index (Phi) is 7.52. The van der Waals surface area contributed by atoms with E-state index < -0.39 is 0 Å². The Morgan fingerprint density at radius 2 is 1.36 bits per heavy atom. The van der Waals surface area contributed by atoms with Gasteiger partial charge in [0.25, 0.3) is 0 Å². The number of oxazole rings is 1. The number of fused-ring (bicyclic) bond motifs is 7. The van der Waals surface area contributed by atoms with Crippen LogP contribution >= 0.6 is 11.3 Å². The zero-order valence-corrected chi connectivity index (χ0v) is 32.1. The normalized spacial score (nSPS) is 15.6. The molecule has 0 saturated heterocycles. The quantitative estimate of drug-likeness (QED) is 0.170. The Hall–Kier alpha value is -6.49. The summed E-state index contributed by atoms with van der Waals surface area (Å²) in [5, 5.41) is 2.69. The SMILES string of the molecule is CC1(C)c2ccccc2-c2ccc(N(C3=CCC(c4cccc5c4sc4ccccc45)C=C3)c3ccc4oc(-c5ccc(-c6ccccc6)cc5)nc4c3)cc21. The molecule has 3 nitrogen and oxygen atoms in total. The van der Waals surface area contributed by atoms with Gasteiger partial charge in [-0.1, -0.05) is 135 Å². The topological polar surface area (TPSA) is 29.3 Å². The van der Waals surface area contributed by atoms with Crippen LogP contribution in [0.5, 0.6) is 0 Å². The maximum atomic E-state index is 6.37. The second-order valence-electron chi connectivity index (χ2n) is 15.5. The molecule has 56 heavy (non-hydrogen) atoms. The third kappa shape index (κ3) is 5.28. The van der Waals surface area contributed by atoms with Gasteiger partial charge in [-0.2, -0.15) is 0 Å². The van der Waals surface area contributed by atoms with E-state index in [0.717, 1.165) is 40.2 Å². The van der Waals surface area contributed by atoms with Gasteiger partial charge in [-0.25, -0.2) is 4.98 Å². The molecule has 2 aliphatic carbocycles. The molecule has 1 atom stereocenters. The average molecular weight is 739 g/mol. The lowest BCUT2D eigenvalue weighted by molar-refractivity contribution is 0.620. The molecule has 2 aromatic heterocycles. The number of anilines is 2. The van der Waals surface area contributed by atoms with Crippen LogP contribution in [0.15, 0.2) is 186 Å². The predicted molar refractivity (Wildman–Crippen MR) is 235 cm³/mol. The van der Waals surface area contributed by atoms with Crippen LogP contribution < -0.4 is 4.90 Å². The van der Waals surface area contributed by atoms with E-state index in [2.05, 4.69) is 189 Å². The van der Waals surface area contributed by atoms with Crippen molar-refractivity contribution in [2.45, 2.75) is 31.6 Å². The second kappa shape index (κ2) is 12.8. The van der Waals surface area contributed by atoms with Crippen molar-refractivity contribution in [2.24, 2.45) is 0 Å². The van der Waals surface area contributed by atoms with Crippen LogP contribution in [0.4, 0.5) is 11.4 Å². The molecular formula is C52H38N2OS. The molecule has 9 aromatic rings. The highest BCUT2D eigenvalue weighted by Crippen LogP contribution is 2.51. The van der Waals surface area contributed by atoms with Crippen molar-refractivity contribution >= 4 is 54.0 Å². The molecule has 0 aliphatic heterocycles. The number of nitrogens with zero attached hydrogens (tertiary/aromatic N) is 2. The average Bonchev–Trinajstić information content (AvgIpc) is 3.92. The number of hydrogen-bond acceptors (Lipinski definition) is 4. The van der Waals surface area contributed by atoms with E-state index in [0.29, 0.717) is 11.8 Å². The summed E-state index contributed by atoms with van der Waals surface area (Å²) in [5.41, 5.74) is 14.9. The van der Waals surface area contributed by atoms with Crippen LogP contribution in [0.3, 0.4) is 0 Å². The van der Waals surface area contributed by atoms with Gasteiger partial charge >= 0.3 is 0 Å². The monoisotopic (exact) mass is 738 g/mol. The van der Waals surface area contributed by atoms with Gasteiger partial charge in [-0.3, -0.25) is 0 Å². The van der Waals surface area contributed by atoms with Crippen molar-refractivity contribution in [3.8, 4) is 33.7 Å². The third-order valence-electron chi connectivity index (χ3n) is 11.9. The first-order valence-electron chi connectivity index (χ1n) is 19.4. The molecule has 2 heterocycles. The molecule has 0 saturated carbocycles. The number of benzene rings is 7. The van der Waals surface area contributed by atoms with Gasteiger partial charge in [0.1, 0.15) is 5.52 Å². The number of thiophene rings is 1. The van der Waals surface area contributed by atoms with Crippen LogP contribution in [-0.4, -0.2) is 4.98 Å². The maximum absolute atomic E-state index is 6.37. The van der Waals surface area contributed by atoms with Crippen molar-refractivity contribution in [3.63, 3.8) is 0 Å². The van der Waals surface area contributed by atoms with Crippen LogP contribution in [0, 0.1) is 0 Å². The van der Waals surface area contributed by atoms with Crippen LogP contribution in [-0.2, 0) is 5.41 Å². The van der Waals surface area contributed by atoms with Crippen molar-refractivity contribution in [1.82, 2.24) is 4.98 Å². The number of aromatic nitrogens is 1. The Morgan fingerprint density at radius 3 is 2.21 bits per heavy atom. The van der Waals surface area contributed by atoms with E-state index in [1.807, 2.05) is 17.4 Å². The largest absolute Gasteiger partial charge is 0.436 e. The minimum absolute atomic E-state index is 0.112. The number of allylic oxidation sites excluding steroid dienone is 3. The summed E-state index contributed by atoms with van der Waals surface area (Å²) in [5.74, 6) is 0.912. The summed E-state index contributed by atoms with van der Waals surface area (Å²) in [6, 6.07) is 56.7. The van der Waals surface area contributed by atoms with Crippen LogP contribution in [0.25, 0.3) is 65.0 Å². The van der Waals surface area contributed by atoms with E-state index in [1.165, 1.54) is 59.1 Å². The summed E-state index contributed by atoms with van der Waals surface area (Å²) in [4.78, 5) is 7.44. The van der Waals surface area contributed by atoms with E-state index in [4.69, 9.17) is 9.40 Å². The zero-order valence-electron chi connectivity index (χ0n) is 31.2. The Balaban J connectivity index is 0.984. The summed E-state index contributed by atoms with van der Waals surface area (Å²) in [6.45, 7) is 4.69. The number of hydrogen-bond donors (Lipinski definition) is 0. The molecule has 4 heteroatoms. The van der Waals surface area contributed by atoms with E-state index >= 15 is 0 Å². The highest BCUT2D eigenvalue weighted by Gasteiger charge is 2.36. The van der Waals surface area contributed by atoms with Crippen molar-refractivity contribution in [2.75, 3.05) is 4.90 Å². The Morgan fingerprint density at radius 1 is 0.643 bits per heavy atom. The van der Waals surface area contributed by atoms with Crippen LogP contribution in [0.2, 0.25) is 0 Å². The molecule has 2 aliphatic rings. The first-order chi connectivity index (χ1) is 27.5. The molecule has 1 unspecified atom stereocenters. The van der Waals surface area contributed by atoms with Gasteiger partial charge in [0, 0.05) is 54.1 Å². The van der Waals surface area contributed by atoms with Crippen LogP contribution in [0.1, 0.15) is 42.9 Å². The van der Waals surface area contributed by atoms with E-state index in [1.54, 1.807) is 0 Å². The number of rotatable bonds is 6. The second-order valence-corrected chi connectivity index (χ2v) is 16.6.